The Kier molecular flexibility index (Phi) is 9.45. The lowest BCUT2D eigenvalue weighted by Gasteiger charge is -2.23. The second-order valence-corrected chi connectivity index (χ2v) is 9.00. The van der Waals surface area contributed by atoms with Crippen molar-refractivity contribution in [2.45, 2.75) is 6.17 Å². The van der Waals surface area contributed by atoms with Gasteiger partial charge in [-0.25, -0.2) is 14.0 Å². The molecule has 4 aromatic heterocycles. The van der Waals surface area contributed by atoms with Gasteiger partial charge in [-0.15, -0.1) is 10.2 Å². The van der Waals surface area contributed by atoms with Gasteiger partial charge in [-0.3, -0.25) is 5.41 Å². The van der Waals surface area contributed by atoms with Crippen LogP contribution in [0.4, 0.5) is 11.4 Å². The molecule has 0 saturated carbocycles. The predicted octanol–water partition coefficient (Wildman–Crippen LogP) is 0.882. The fraction of sp³-hybridized carbons (Fsp3) is 0.333. The molecule has 1 unspecified atom stereocenters. The number of aliphatic hydroxyl groups excluding tert-OH is 2. The average Bonchev–Trinajstić information content (AvgIpc) is 3.52. The maximum absolute atomic E-state index is 8.92. The molecule has 0 amide bonds. The number of pyridine rings is 2. The standard InChI is InChI=1S/C27H33N9O6/c28-18-17-19(29)25(31-23-21-6-2-4-8-36(21)34-27(23)42-16-14-40-12-10-38)32-24(18)30-22-20-5-1-3-7-35(20)33-26(22)41-15-13-39-11-9-37/h1-8,17,24,29-30,37-38H,9-16,28H2,(H,31,32). The van der Waals surface area contributed by atoms with Gasteiger partial charge in [0.2, 0.25) is 0 Å². The van der Waals surface area contributed by atoms with Crippen LogP contribution in [0.1, 0.15) is 0 Å². The van der Waals surface area contributed by atoms with E-state index in [0.717, 1.165) is 5.52 Å². The molecule has 0 aliphatic carbocycles. The van der Waals surface area contributed by atoms with Crippen LogP contribution in [0.2, 0.25) is 0 Å². The van der Waals surface area contributed by atoms with E-state index in [2.05, 4.69) is 20.8 Å². The lowest BCUT2D eigenvalue weighted by Crippen LogP contribution is -2.35. The third-order valence-electron chi connectivity index (χ3n) is 6.08. The van der Waals surface area contributed by atoms with Crippen LogP contribution in [0, 0.1) is 5.41 Å². The number of nitrogens with one attached hydrogen (secondary N) is 3. The highest BCUT2D eigenvalue weighted by Crippen LogP contribution is 2.32. The SMILES string of the molecule is N=C1C=C(N)C(Nc2c(OCCOCCO)nn3ccccc23)N=C1Nc1c(OCCOCCO)nn2ccccc12. The molecule has 0 aromatic carbocycles. The molecule has 15 heteroatoms. The molecule has 5 rings (SSSR count). The van der Waals surface area contributed by atoms with Gasteiger partial charge in [0.15, 0.2) is 12.0 Å². The molecule has 0 radical (unpaired) electrons. The van der Waals surface area contributed by atoms with Gasteiger partial charge in [0.1, 0.15) is 24.6 Å². The summed E-state index contributed by atoms with van der Waals surface area (Å²) in [6.07, 6.45) is 4.36. The summed E-state index contributed by atoms with van der Waals surface area (Å²) in [5, 5.41) is 42.0. The number of aliphatic imine (C=N–C) groups is 1. The molecule has 0 saturated heterocycles. The summed E-state index contributed by atoms with van der Waals surface area (Å²) in [4.78, 5) is 4.72. The molecule has 5 heterocycles. The normalized spacial score (nSPS) is 15.1. The highest BCUT2D eigenvalue weighted by molar-refractivity contribution is 6.49. The number of aliphatic hydroxyl groups is 2. The lowest BCUT2D eigenvalue weighted by molar-refractivity contribution is 0.0696. The monoisotopic (exact) mass is 579 g/mol. The van der Waals surface area contributed by atoms with Gasteiger partial charge in [-0.2, -0.15) is 0 Å². The van der Waals surface area contributed by atoms with Crippen molar-refractivity contribution in [3.8, 4) is 11.8 Å². The van der Waals surface area contributed by atoms with Crippen LogP contribution >= 0.6 is 0 Å². The molecule has 15 nitrogen and oxygen atoms in total. The van der Waals surface area contributed by atoms with Gasteiger partial charge >= 0.3 is 0 Å². The van der Waals surface area contributed by atoms with Crippen molar-refractivity contribution in [2.24, 2.45) is 10.7 Å². The van der Waals surface area contributed by atoms with E-state index in [0.29, 0.717) is 34.3 Å². The zero-order chi connectivity index (χ0) is 29.3. The summed E-state index contributed by atoms with van der Waals surface area (Å²) >= 11 is 0. The van der Waals surface area contributed by atoms with E-state index in [1.54, 1.807) is 21.4 Å². The summed E-state index contributed by atoms with van der Waals surface area (Å²) < 4.78 is 25.7. The van der Waals surface area contributed by atoms with E-state index in [1.807, 2.05) is 36.4 Å². The highest BCUT2D eigenvalue weighted by Gasteiger charge is 2.26. The number of aromatic nitrogens is 4. The quantitative estimate of drug-likeness (QED) is 0.109. The first-order chi connectivity index (χ1) is 20.6. The van der Waals surface area contributed by atoms with Crippen LogP contribution < -0.4 is 25.8 Å². The minimum absolute atomic E-state index is 0.0697. The Balaban J connectivity index is 1.39. The Bertz CT molecular complexity index is 1580. The molecule has 1 aliphatic heterocycles. The summed E-state index contributed by atoms with van der Waals surface area (Å²) in [6, 6.07) is 11.2. The maximum atomic E-state index is 8.92. The van der Waals surface area contributed by atoms with Crippen molar-refractivity contribution in [1.29, 1.82) is 5.41 Å². The van der Waals surface area contributed by atoms with Gasteiger partial charge in [0.05, 0.1) is 62.1 Å². The molecule has 7 N–H and O–H groups in total. The van der Waals surface area contributed by atoms with Gasteiger partial charge in [-0.1, -0.05) is 12.1 Å². The number of hydrogen-bond acceptors (Lipinski definition) is 13. The number of nitrogens with zero attached hydrogens (tertiary/aromatic N) is 5. The second-order valence-electron chi connectivity index (χ2n) is 9.00. The van der Waals surface area contributed by atoms with Gasteiger partial charge < -0.3 is 45.5 Å². The first-order valence-corrected chi connectivity index (χ1v) is 13.3. The third-order valence-corrected chi connectivity index (χ3v) is 6.08. The summed E-state index contributed by atoms with van der Waals surface area (Å²) in [6.45, 7) is 1.27. The molecule has 4 aromatic rings. The largest absolute Gasteiger partial charge is 0.473 e. The molecular formula is C27H33N9O6. The van der Waals surface area contributed by atoms with Crippen molar-refractivity contribution in [1.82, 2.24) is 19.2 Å². The average molecular weight is 580 g/mol. The van der Waals surface area contributed by atoms with Gasteiger partial charge in [-0.05, 0) is 30.3 Å². The minimum atomic E-state index is -0.749. The van der Waals surface area contributed by atoms with Crippen molar-refractivity contribution < 1.29 is 29.2 Å². The van der Waals surface area contributed by atoms with Crippen LogP contribution in [0.25, 0.3) is 11.0 Å². The van der Waals surface area contributed by atoms with E-state index >= 15 is 0 Å². The Morgan fingerprint density at radius 2 is 1.38 bits per heavy atom. The molecular weight excluding hydrogens is 546 g/mol. The van der Waals surface area contributed by atoms with E-state index < -0.39 is 6.17 Å². The molecule has 0 fully saturated rings. The molecule has 222 valence electrons. The molecule has 1 atom stereocenters. The first-order valence-electron chi connectivity index (χ1n) is 13.3. The number of anilines is 2. The Morgan fingerprint density at radius 3 is 1.98 bits per heavy atom. The number of ether oxygens (including phenoxy) is 4. The van der Waals surface area contributed by atoms with Crippen LogP contribution in [0.3, 0.4) is 0 Å². The minimum Gasteiger partial charge on any atom is -0.473 e. The van der Waals surface area contributed by atoms with E-state index in [9.17, 15) is 0 Å². The van der Waals surface area contributed by atoms with Crippen molar-refractivity contribution in [3.63, 3.8) is 0 Å². The second kappa shape index (κ2) is 13.8. The maximum Gasteiger partial charge on any atom is 0.258 e. The summed E-state index contributed by atoms with van der Waals surface area (Å²) in [5.41, 5.74) is 9.29. The van der Waals surface area contributed by atoms with E-state index in [4.69, 9.17) is 45.3 Å². The lowest BCUT2D eigenvalue weighted by atomic mass is 10.1. The Labute approximate surface area is 240 Å². The molecule has 0 bridgehead atoms. The topological polar surface area (TPSA) is 198 Å². The third kappa shape index (κ3) is 6.60. The number of amidine groups is 1. The molecule has 1 aliphatic rings. The Morgan fingerprint density at radius 1 is 0.810 bits per heavy atom. The first kappa shape index (κ1) is 28.8. The number of nitrogens with two attached hydrogens (primary N) is 1. The van der Waals surface area contributed by atoms with Crippen molar-refractivity contribution in [2.75, 3.05) is 63.5 Å². The van der Waals surface area contributed by atoms with Crippen molar-refractivity contribution in [3.05, 3.63) is 60.6 Å². The van der Waals surface area contributed by atoms with Crippen LogP contribution in [-0.2, 0) is 9.47 Å². The zero-order valence-electron chi connectivity index (χ0n) is 22.8. The number of fused-ring (bicyclic) bond motifs is 2. The molecule has 42 heavy (non-hydrogen) atoms. The number of dihydropyridines is 1. The smallest absolute Gasteiger partial charge is 0.258 e. The fourth-order valence-corrected chi connectivity index (χ4v) is 4.19. The fourth-order valence-electron chi connectivity index (χ4n) is 4.19. The predicted molar refractivity (Wildman–Crippen MR) is 156 cm³/mol. The van der Waals surface area contributed by atoms with Crippen LogP contribution in [0.5, 0.6) is 11.8 Å². The van der Waals surface area contributed by atoms with Crippen LogP contribution in [0.15, 0.2) is 65.6 Å². The summed E-state index contributed by atoms with van der Waals surface area (Å²) in [5.74, 6) is 0.880. The number of rotatable bonds is 15. The Hall–Kier alpha value is -4.70. The number of hydrogen-bond donors (Lipinski definition) is 6. The van der Waals surface area contributed by atoms with E-state index in [1.165, 1.54) is 6.08 Å². The van der Waals surface area contributed by atoms with Crippen molar-refractivity contribution >= 4 is 34.0 Å². The zero-order valence-corrected chi connectivity index (χ0v) is 22.8. The highest BCUT2D eigenvalue weighted by atomic mass is 16.5. The summed E-state index contributed by atoms with van der Waals surface area (Å²) in [7, 11) is 0. The van der Waals surface area contributed by atoms with E-state index in [-0.39, 0.29) is 64.4 Å². The van der Waals surface area contributed by atoms with Gasteiger partial charge in [0, 0.05) is 12.4 Å². The van der Waals surface area contributed by atoms with Crippen LogP contribution in [-0.4, -0.2) is 100 Å². The molecule has 0 spiro atoms. The van der Waals surface area contributed by atoms with Gasteiger partial charge in [0.25, 0.3) is 11.8 Å².